The van der Waals surface area contributed by atoms with Crippen molar-refractivity contribution in [1.82, 2.24) is 0 Å². The van der Waals surface area contributed by atoms with E-state index in [1.54, 1.807) is 44.7 Å². The van der Waals surface area contributed by atoms with Crippen LogP contribution in [-0.2, 0) is 23.3 Å². The maximum absolute atomic E-state index is 5.54. The average molecular weight is 552 g/mol. The summed E-state index contributed by atoms with van der Waals surface area (Å²) in [5.41, 5.74) is 8.00. The SMILES string of the molecule is COc1cc(OC)c(-c2c[cH-]c3ccccc23)c(OC)c1.C[Si](C)=[Zr+2].Cc1[cH-]c(C)c(C)c1C. The number of aryl methyl sites for hydroxylation is 2. The molecule has 178 valence electrons. The van der Waals surface area contributed by atoms with Crippen LogP contribution in [0.2, 0.25) is 13.1 Å². The Morgan fingerprint density at radius 3 is 1.71 bits per heavy atom. The smallest absolute Gasteiger partial charge is 0.0632 e. The van der Waals surface area contributed by atoms with Crippen molar-refractivity contribution in [1.29, 1.82) is 0 Å². The molecule has 0 radical (unpaired) electrons. The van der Waals surface area contributed by atoms with E-state index in [1.165, 1.54) is 33.0 Å². The number of methoxy groups -OCH3 is 3. The van der Waals surface area contributed by atoms with E-state index in [0.717, 1.165) is 22.6 Å². The van der Waals surface area contributed by atoms with Crippen molar-refractivity contribution >= 4 is 16.2 Å². The standard InChI is InChI=1S/C18H17O3.C9H13.C2H6Si.Zr/c1-19-13-10-16(20-2)18(17(11-13)21-3)15-9-8-12-6-4-5-7-14(12)15;1-6-5-7(2)9(4)8(6)3;1-3-2;/h4-11H,1-3H3;5H,1-4H3;1-2H3;/q2*-1;;+2. The second-order valence-corrected chi connectivity index (χ2v) is 17.9. The van der Waals surface area contributed by atoms with Gasteiger partial charge in [0, 0.05) is 17.7 Å². The second kappa shape index (κ2) is 13.1. The quantitative estimate of drug-likeness (QED) is 0.192. The minimum atomic E-state index is 0.210. The second-order valence-electron chi connectivity index (χ2n) is 8.50. The van der Waals surface area contributed by atoms with E-state index in [0.29, 0.717) is 5.75 Å². The van der Waals surface area contributed by atoms with Crippen LogP contribution >= 0.6 is 0 Å². The Morgan fingerprint density at radius 2 is 1.29 bits per heavy atom. The molecule has 0 atom stereocenters. The van der Waals surface area contributed by atoms with Crippen LogP contribution in [0.3, 0.4) is 0 Å². The first-order chi connectivity index (χ1) is 16.1. The van der Waals surface area contributed by atoms with Gasteiger partial charge < -0.3 is 14.2 Å². The molecule has 0 aromatic heterocycles. The molecule has 4 aromatic carbocycles. The Bertz CT molecular complexity index is 1200. The summed E-state index contributed by atoms with van der Waals surface area (Å²) in [4.78, 5) is 0. The maximum Gasteiger partial charge on any atom is -0.0632 e. The first kappa shape index (κ1) is 28.1. The minimum Gasteiger partial charge on any atom is -0.196 e. The van der Waals surface area contributed by atoms with Gasteiger partial charge in [0.15, 0.2) is 0 Å². The zero-order valence-electron chi connectivity index (χ0n) is 21.9. The summed E-state index contributed by atoms with van der Waals surface area (Å²) < 4.78 is 16.4. The number of benzene rings is 2. The van der Waals surface area contributed by atoms with Gasteiger partial charge in [-0.15, -0.1) is 46.7 Å². The molecule has 0 aliphatic carbocycles. The summed E-state index contributed by atoms with van der Waals surface area (Å²) in [5, 5.41) is 2.38. The summed E-state index contributed by atoms with van der Waals surface area (Å²) in [6.45, 7) is 13.3. The van der Waals surface area contributed by atoms with E-state index >= 15 is 0 Å². The molecule has 0 N–H and O–H groups in total. The third kappa shape index (κ3) is 6.96. The predicted octanol–water partition coefficient (Wildman–Crippen LogP) is 7.67. The van der Waals surface area contributed by atoms with Gasteiger partial charge in [-0.2, -0.15) is 28.3 Å². The van der Waals surface area contributed by atoms with E-state index < -0.39 is 0 Å². The number of rotatable bonds is 4. The van der Waals surface area contributed by atoms with Crippen LogP contribution in [0.25, 0.3) is 21.9 Å². The van der Waals surface area contributed by atoms with Gasteiger partial charge in [-0.3, -0.25) is 0 Å². The van der Waals surface area contributed by atoms with E-state index in [-0.39, 0.29) is 5.43 Å². The third-order valence-corrected chi connectivity index (χ3v) is 5.84. The van der Waals surface area contributed by atoms with E-state index in [1.807, 2.05) is 24.3 Å². The van der Waals surface area contributed by atoms with Gasteiger partial charge in [0.2, 0.25) is 0 Å². The summed E-state index contributed by atoms with van der Waals surface area (Å²) in [6.07, 6.45) is 0. The number of fused-ring (bicyclic) bond motifs is 1. The Labute approximate surface area is 220 Å². The van der Waals surface area contributed by atoms with Gasteiger partial charge in [-0.05, 0) is 0 Å². The molecule has 0 fully saturated rings. The molecule has 0 spiro atoms. The Balaban J connectivity index is 0.000000260. The van der Waals surface area contributed by atoms with Crippen molar-refractivity contribution in [3.05, 3.63) is 76.9 Å². The monoisotopic (exact) mass is 550 g/mol. The molecular formula is C29H36O3SiZr. The number of ether oxygens (including phenoxy) is 3. The van der Waals surface area contributed by atoms with Gasteiger partial charge in [0.05, 0.1) is 21.3 Å². The van der Waals surface area contributed by atoms with E-state index in [2.05, 4.69) is 71.1 Å². The molecule has 0 amide bonds. The first-order valence-electron chi connectivity index (χ1n) is 11.3. The largest absolute Gasteiger partial charge is 0.196 e. The van der Waals surface area contributed by atoms with Gasteiger partial charge >= 0.3 is 41.9 Å². The molecule has 4 aromatic rings. The zero-order valence-corrected chi connectivity index (χ0v) is 25.4. The van der Waals surface area contributed by atoms with Crippen molar-refractivity contribution in [2.45, 2.75) is 40.8 Å². The number of hydrogen-bond donors (Lipinski definition) is 0. The average Bonchev–Trinajstić information content (AvgIpc) is 3.34. The van der Waals surface area contributed by atoms with Crippen molar-refractivity contribution in [2.75, 3.05) is 21.3 Å². The van der Waals surface area contributed by atoms with Crippen LogP contribution < -0.4 is 14.2 Å². The van der Waals surface area contributed by atoms with Crippen LogP contribution in [0.15, 0.2) is 54.6 Å². The molecule has 0 saturated heterocycles. The van der Waals surface area contributed by atoms with Crippen LogP contribution in [0.4, 0.5) is 0 Å². The van der Waals surface area contributed by atoms with Gasteiger partial charge in [-0.1, -0.05) is 33.8 Å². The number of hydrogen-bond acceptors (Lipinski definition) is 3. The molecule has 0 aliphatic heterocycles. The Morgan fingerprint density at radius 1 is 0.794 bits per heavy atom. The van der Waals surface area contributed by atoms with Gasteiger partial charge in [0.25, 0.3) is 0 Å². The van der Waals surface area contributed by atoms with Crippen LogP contribution in [0, 0.1) is 27.7 Å². The van der Waals surface area contributed by atoms with E-state index in [4.69, 9.17) is 14.2 Å². The van der Waals surface area contributed by atoms with Gasteiger partial charge in [0.1, 0.15) is 17.2 Å². The molecule has 34 heavy (non-hydrogen) atoms. The molecule has 0 saturated carbocycles. The topological polar surface area (TPSA) is 27.7 Å². The summed E-state index contributed by atoms with van der Waals surface area (Å²) in [5.74, 6) is 2.19. The molecule has 3 nitrogen and oxygen atoms in total. The fourth-order valence-corrected chi connectivity index (χ4v) is 3.77. The van der Waals surface area contributed by atoms with E-state index in [9.17, 15) is 0 Å². The van der Waals surface area contributed by atoms with Crippen molar-refractivity contribution in [2.24, 2.45) is 0 Å². The maximum atomic E-state index is 5.54. The zero-order chi connectivity index (χ0) is 25.4. The minimum absolute atomic E-state index is 0.210. The van der Waals surface area contributed by atoms with Crippen molar-refractivity contribution in [3.63, 3.8) is 0 Å². The van der Waals surface area contributed by atoms with Crippen molar-refractivity contribution < 1.29 is 37.5 Å². The van der Waals surface area contributed by atoms with Crippen LogP contribution in [0.5, 0.6) is 17.2 Å². The summed E-state index contributed by atoms with van der Waals surface area (Å²) in [7, 11) is 4.94. The molecule has 0 heterocycles. The molecule has 0 aliphatic rings. The molecular weight excluding hydrogens is 516 g/mol. The Kier molecular flexibility index (Phi) is 10.9. The fourth-order valence-electron chi connectivity index (χ4n) is 3.77. The van der Waals surface area contributed by atoms with Crippen LogP contribution in [0.1, 0.15) is 22.3 Å². The Hall–Kier alpha value is -2.10. The normalized spacial score (nSPS) is 10.1. The third-order valence-electron chi connectivity index (χ3n) is 5.84. The fraction of sp³-hybridized carbons (Fsp3) is 0.310. The summed E-state index contributed by atoms with van der Waals surface area (Å²) >= 11 is 1.74. The predicted molar refractivity (Wildman–Crippen MR) is 143 cm³/mol. The van der Waals surface area contributed by atoms with Crippen molar-refractivity contribution in [3.8, 4) is 28.4 Å². The molecule has 4 rings (SSSR count). The molecule has 0 bridgehead atoms. The molecule has 0 unspecified atom stereocenters. The van der Waals surface area contributed by atoms with Gasteiger partial charge in [-0.25, -0.2) is 0 Å². The first-order valence-corrected chi connectivity index (χ1v) is 17.5. The molecule has 5 heteroatoms. The van der Waals surface area contributed by atoms with Crippen LogP contribution in [-0.4, -0.2) is 26.8 Å². The summed E-state index contributed by atoms with van der Waals surface area (Å²) in [6, 6.07) is 18.5.